The maximum absolute atomic E-state index is 13.0. The first kappa shape index (κ1) is 17.7. The lowest BCUT2D eigenvalue weighted by molar-refractivity contribution is -0.114. The Kier molecular flexibility index (Phi) is 7.41. The molecule has 1 aliphatic rings. The molecule has 1 saturated carbocycles. The van der Waals surface area contributed by atoms with Crippen molar-refractivity contribution in [1.29, 1.82) is 0 Å². The van der Waals surface area contributed by atoms with Crippen LogP contribution in [0, 0.1) is 5.82 Å². The minimum Gasteiger partial charge on any atom is -0.357 e. The number of halogens is 2. The number of benzene rings is 1. The highest BCUT2D eigenvalue weighted by Crippen LogP contribution is 2.18. The largest absolute Gasteiger partial charge is 0.357 e. The van der Waals surface area contributed by atoms with Gasteiger partial charge in [0.1, 0.15) is 12.4 Å². The molecular weight excluding hydrogens is 386 g/mol. The first-order chi connectivity index (χ1) is 9.67. The predicted molar refractivity (Wildman–Crippen MR) is 92.6 cm³/mol. The van der Waals surface area contributed by atoms with E-state index in [0.29, 0.717) is 17.7 Å². The van der Waals surface area contributed by atoms with Crippen molar-refractivity contribution in [2.75, 3.05) is 18.4 Å². The van der Waals surface area contributed by atoms with E-state index in [0.717, 1.165) is 19.4 Å². The summed E-state index contributed by atoms with van der Waals surface area (Å²) in [6, 6.07) is 6.26. The number of rotatable bonds is 5. The minimum absolute atomic E-state index is 0. The Bertz CT molecular complexity index is 506. The average Bonchev–Trinajstić information content (AvgIpc) is 3.20. The van der Waals surface area contributed by atoms with E-state index in [1.807, 2.05) is 6.92 Å². The van der Waals surface area contributed by atoms with E-state index in [1.165, 1.54) is 12.1 Å². The second-order valence-electron chi connectivity index (χ2n) is 4.67. The zero-order valence-corrected chi connectivity index (χ0v) is 14.2. The molecule has 1 aromatic carbocycles. The van der Waals surface area contributed by atoms with Crippen LogP contribution in [0.25, 0.3) is 0 Å². The average molecular weight is 406 g/mol. The van der Waals surface area contributed by atoms with Crippen molar-refractivity contribution in [1.82, 2.24) is 10.6 Å². The molecule has 116 valence electrons. The van der Waals surface area contributed by atoms with Crippen LogP contribution in [0.1, 0.15) is 19.8 Å². The minimum atomic E-state index is -0.380. The molecule has 0 spiro atoms. The molecule has 1 aromatic rings. The van der Waals surface area contributed by atoms with Crippen LogP contribution in [0.15, 0.2) is 29.3 Å². The van der Waals surface area contributed by atoms with Crippen LogP contribution in [0.5, 0.6) is 0 Å². The molecule has 2 rings (SSSR count). The number of nitrogens with zero attached hydrogens (tertiary/aromatic N) is 1. The van der Waals surface area contributed by atoms with Crippen LogP contribution in [-0.2, 0) is 4.79 Å². The number of hydrogen-bond donors (Lipinski definition) is 3. The van der Waals surface area contributed by atoms with Gasteiger partial charge in [0, 0.05) is 18.3 Å². The summed E-state index contributed by atoms with van der Waals surface area (Å²) in [5, 5.41) is 8.91. The summed E-state index contributed by atoms with van der Waals surface area (Å²) >= 11 is 0. The summed E-state index contributed by atoms with van der Waals surface area (Å²) in [5.74, 6) is -0.0111. The van der Waals surface area contributed by atoms with Crippen molar-refractivity contribution in [3.63, 3.8) is 0 Å². The van der Waals surface area contributed by atoms with E-state index < -0.39 is 0 Å². The van der Waals surface area contributed by atoms with Gasteiger partial charge >= 0.3 is 0 Å². The number of hydrogen-bond acceptors (Lipinski definition) is 2. The van der Waals surface area contributed by atoms with Gasteiger partial charge in [0.2, 0.25) is 5.91 Å². The Morgan fingerprint density at radius 2 is 2.19 bits per heavy atom. The number of anilines is 1. The molecule has 5 nitrogen and oxygen atoms in total. The molecule has 0 aromatic heterocycles. The molecule has 0 bridgehead atoms. The zero-order valence-electron chi connectivity index (χ0n) is 11.9. The lowest BCUT2D eigenvalue weighted by Crippen LogP contribution is -2.39. The molecule has 21 heavy (non-hydrogen) atoms. The molecule has 0 atom stereocenters. The fourth-order valence-electron chi connectivity index (χ4n) is 1.66. The van der Waals surface area contributed by atoms with Gasteiger partial charge in [-0.25, -0.2) is 9.38 Å². The second-order valence-corrected chi connectivity index (χ2v) is 4.67. The fraction of sp³-hybridized carbons (Fsp3) is 0.429. The third-order valence-electron chi connectivity index (χ3n) is 2.75. The highest BCUT2D eigenvalue weighted by Gasteiger charge is 2.22. The normalized spacial score (nSPS) is 14.1. The Hall–Kier alpha value is -1.38. The van der Waals surface area contributed by atoms with Crippen molar-refractivity contribution < 1.29 is 9.18 Å². The fourth-order valence-corrected chi connectivity index (χ4v) is 1.66. The van der Waals surface area contributed by atoms with E-state index >= 15 is 0 Å². The van der Waals surface area contributed by atoms with Crippen LogP contribution >= 0.6 is 24.0 Å². The summed E-state index contributed by atoms with van der Waals surface area (Å²) < 4.78 is 13.0. The van der Waals surface area contributed by atoms with Crippen LogP contribution in [0.2, 0.25) is 0 Å². The quantitative estimate of drug-likeness (QED) is 0.399. The van der Waals surface area contributed by atoms with Crippen LogP contribution < -0.4 is 16.0 Å². The van der Waals surface area contributed by atoms with E-state index in [4.69, 9.17) is 0 Å². The zero-order chi connectivity index (χ0) is 14.4. The van der Waals surface area contributed by atoms with Gasteiger partial charge in [-0.15, -0.1) is 24.0 Å². The van der Waals surface area contributed by atoms with E-state index in [9.17, 15) is 9.18 Å². The van der Waals surface area contributed by atoms with Gasteiger partial charge in [0.25, 0.3) is 0 Å². The predicted octanol–water partition coefficient (Wildman–Crippen LogP) is 2.10. The van der Waals surface area contributed by atoms with Crippen molar-refractivity contribution in [2.24, 2.45) is 4.99 Å². The van der Waals surface area contributed by atoms with Gasteiger partial charge in [-0.3, -0.25) is 4.79 Å². The molecule has 1 amide bonds. The van der Waals surface area contributed by atoms with Gasteiger partial charge in [-0.2, -0.15) is 0 Å². The lowest BCUT2D eigenvalue weighted by Gasteiger charge is -2.10. The highest BCUT2D eigenvalue weighted by atomic mass is 127. The number of carbonyl (C=O) groups excluding carboxylic acids is 1. The molecule has 0 saturated heterocycles. The van der Waals surface area contributed by atoms with Crippen molar-refractivity contribution in [3.8, 4) is 0 Å². The smallest absolute Gasteiger partial charge is 0.246 e. The third-order valence-corrected chi connectivity index (χ3v) is 2.75. The van der Waals surface area contributed by atoms with E-state index in [-0.39, 0.29) is 42.2 Å². The van der Waals surface area contributed by atoms with Crippen LogP contribution in [0.4, 0.5) is 10.1 Å². The summed E-state index contributed by atoms with van der Waals surface area (Å²) in [5.41, 5.74) is 0.436. The molecule has 3 N–H and O–H groups in total. The molecule has 0 unspecified atom stereocenters. The van der Waals surface area contributed by atoms with Gasteiger partial charge in [-0.05, 0) is 38.0 Å². The molecule has 0 aliphatic heterocycles. The molecular formula is C14H20FIN4O. The van der Waals surface area contributed by atoms with Gasteiger partial charge in [-0.1, -0.05) is 6.07 Å². The third kappa shape index (κ3) is 6.74. The van der Waals surface area contributed by atoms with Crippen LogP contribution in [0.3, 0.4) is 0 Å². The molecule has 1 fully saturated rings. The number of amides is 1. The van der Waals surface area contributed by atoms with Crippen LogP contribution in [-0.4, -0.2) is 31.0 Å². The van der Waals surface area contributed by atoms with Gasteiger partial charge in [0.05, 0.1) is 0 Å². The monoisotopic (exact) mass is 406 g/mol. The summed E-state index contributed by atoms with van der Waals surface area (Å²) in [6.45, 7) is 2.71. The molecule has 0 heterocycles. The topological polar surface area (TPSA) is 65.5 Å². The molecule has 0 radical (unpaired) electrons. The summed E-state index contributed by atoms with van der Waals surface area (Å²) in [6.07, 6.45) is 2.28. The standard InChI is InChI=1S/C14H19FN4O.HI/c1-2-16-14(19-11-6-7-11)17-9-13(20)18-12-5-3-4-10(15)8-12;/h3-5,8,11H,2,6-7,9H2,1H3,(H,18,20)(H2,16,17,19);1H. The van der Waals surface area contributed by atoms with Crippen molar-refractivity contribution in [2.45, 2.75) is 25.8 Å². The highest BCUT2D eigenvalue weighted by molar-refractivity contribution is 14.0. The first-order valence-electron chi connectivity index (χ1n) is 6.77. The maximum atomic E-state index is 13.0. The number of aliphatic imine (C=N–C) groups is 1. The molecule has 7 heteroatoms. The van der Waals surface area contributed by atoms with Crippen molar-refractivity contribution in [3.05, 3.63) is 30.1 Å². The summed E-state index contributed by atoms with van der Waals surface area (Å²) in [7, 11) is 0. The Morgan fingerprint density at radius 3 is 2.81 bits per heavy atom. The van der Waals surface area contributed by atoms with E-state index in [2.05, 4.69) is 20.9 Å². The van der Waals surface area contributed by atoms with E-state index in [1.54, 1.807) is 12.1 Å². The number of guanidine groups is 1. The Labute approximate surface area is 140 Å². The Balaban J connectivity index is 0.00000220. The SMILES string of the molecule is CCNC(=NCC(=O)Nc1cccc(F)c1)NC1CC1.I. The molecule has 1 aliphatic carbocycles. The van der Waals surface area contributed by atoms with Gasteiger partial charge in [0.15, 0.2) is 5.96 Å². The maximum Gasteiger partial charge on any atom is 0.246 e. The number of nitrogens with one attached hydrogen (secondary N) is 3. The Morgan fingerprint density at radius 1 is 1.43 bits per heavy atom. The summed E-state index contributed by atoms with van der Waals surface area (Å²) in [4.78, 5) is 15.9. The van der Waals surface area contributed by atoms with Crippen molar-refractivity contribution >= 4 is 41.5 Å². The number of carbonyl (C=O) groups is 1. The van der Waals surface area contributed by atoms with Gasteiger partial charge < -0.3 is 16.0 Å². The first-order valence-corrected chi connectivity index (χ1v) is 6.77. The lowest BCUT2D eigenvalue weighted by atomic mass is 10.3. The second kappa shape index (κ2) is 8.81.